The quantitative estimate of drug-likeness (QED) is 0.541. The summed E-state index contributed by atoms with van der Waals surface area (Å²) in [6.45, 7) is 9.79. The first-order chi connectivity index (χ1) is 12.8. The van der Waals surface area contributed by atoms with Gasteiger partial charge in [0.15, 0.2) is 0 Å². The summed E-state index contributed by atoms with van der Waals surface area (Å²) in [7, 11) is -3.98. The molecule has 0 amide bonds. The van der Waals surface area contributed by atoms with Crippen LogP contribution < -0.4 is 9.88 Å². The Hall–Kier alpha value is -1.02. The average molecular weight is 454 g/mol. The molecular formula is C19H29Cl2NO5S. The van der Waals surface area contributed by atoms with E-state index >= 15 is 0 Å². The van der Waals surface area contributed by atoms with Gasteiger partial charge in [0.25, 0.3) is 0 Å². The summed E-state index contributed by atoms with van der Waals surface area (Å²) in [5.74, 6) is -0.0864. The number of primary sulfonamides is 1. The van der Waals surface area contributed by atoms with Crippen molar-refractivity contribution in [3.8, 4) is 5.75 Å². The molecule has 0 aliphatic heterocycles. The van der Waals surface area contributed by atoms with Crippen molar-refractivity contribution in [2.45, 2.75) is 64.4 Å². The first-order valence-electron chi connectivity index (χ1n) is 9.16. The van der Waals surface area contributed by atoms with E-state index in [4.69, 9.17) is 37.8 Å². The molecule has 1 rings (SSSR count). The fourth-order valence-corrected chi connectivity index (χ4v) is 3.99. The van der Waals surface area contributed by atoms with Crippen molar-refractivity contribution in [1.29, 1.82) is 0 Å². The van der Waals surface area contributed by atoms with Gasteiger partial charge in [0.2, 0.25) is 10.0 Å². The minimum atomic E-state index is -3.98. The third-order valence-corrected chi connectivity index (χ3v) is 5.87. The number of benzene rings is 1. The van der Waals surface area contributed by atoms with Crippen molar-refractivity contribution in [2.75, 3.05) is 6.61 Å². The maximum Gasteiger partial charge on any atom is 0.309 e. The molecule has 0 aromatic heterocycles. The highest BCUT2D eigenvalue weighted by molar-refractivity contribution is 7.89. The molecule has 0 radical (unpaired) electrons. The molecule has 28 heavy (non-hydrogen) atoms. The van der Waals surface area contributed by atoms with Gasteiger partial charge in [-0.2, -0.15) is 0 Å². The number of ether oxygens (including phenoxy) is 2. The molecule has 6 nitrogen and oxygen atoms in total. The number of carbonyl (C=O) groups excluding carboxylic acids is 1. The van der Waals surface area contributed by atoms with Crippen LogP contribution in [0.5, 0.6) is 5.75 Å². The standard InChI is InChI=1S/C19H29Cl2NO5S/c1-6-12(8-13(7-2)18(23)27-19(3,4)5)11-26-16-9-15(21)17(10-14(16)20)28(22,24)25/h9-10,12-13H,6-8,11H2,1-5H3,(H2,22,24,25). The van der Waals surface area contributed by atoms with E-state index in [1.165, 1.54) is 12.1 Å². The lowest BCUT2D eigenvalue weighted by molar-refractivity contribution is -0.160. The van der Waals surface area contributed by atoms with Gasteiger partial charge in [-0.3, -0.25) is 4.79 Å². The molecule has 2 unspecified atom stereocenters. The minimum absolute atomic E-state index is 0.0601. The van der Waals surface area contributed by atoms with E-state index in [2.05, 4.69) is 0 Å². The summed E-state index contributed by atoms with van der Waals surface area (Å²) in [6.07, 6.45) is 2.07. The maximum absolute atomic E-state index is 12.4. The van der Waals surface area contributed by atoms with Crippen LogP contribution in [0.25, 0.3) is 0 Å². The summed E-state index contributed by atoms with van der Waals surface area (Å²) < 4.78 is 34.2. The summed E-state index contributed by atoms with van der Waals surface area (Å²) >= 11 is 12.1. The van der Waals surface area contributed by atoms with E-state index in [1.807, 2.05) is 34.6 Å². The third-order valence-electron chi connectivity index (χ3n) is 4.20. The summed E-state index contributed by atoms with van der Waals surface area (Å²) in [4.78, 5) is 12.1. The van der Waals surface area contributed by atoms with Crippen molar-refractivity contribution in [1.82, 2.24) is 0 Å². The summed E-state index contributed by atoms with van der Waals surface area (Å²) in [5, 5.41) is 5.15. The zero-order valence-electron chi connectivity index (χ0n) is 16.9. The van der Waals surface area contributed by atoms with Crippen LogP contribution in [-0.4, -0.2) is 26.6 Å². The molecule has 0 aliphatic carbocycles. The number of esters is 1. The maximum atomic E-state index is 12.4. The van der Waals surface area contributed by atoms with Gasteiger partial charge in [-0.15, -0.1) is 0 Å². The average Bonchev–Trinajstić information content (AvgIpc) is 2.54. The summed E-state index contributed by atoms with van der Waals surface area (Å²) in [6, 6.07) is 2.51. The van der Waals surface area contributed by atoms with Crippen molar-refractivity contribution < 1.29 is 22.7 Å². The van der Waals surface area contributed by atoms with Crippen LogP contribution in [0.2, 0.25) is 10.0 Å². The van der Waals surface area contributed by atoms with Crippen LogP contribution in [0.15, 0.2) is 17.0 Å². The second-order valence-electron chi connectivity index (χ2n) is 7.72. The van der Waals surface area contributed by atoms with Crippen LogP contribution >= 0.6 is 23.2 Å². The molecule has 160 valence electrons. The molecular weight excluding hydrogens is 425 g/mol. The fourth-order valence-electron chi connectivity index (χ4n) is 2.62. The molecule has 0 fully saturated rings. The van der Waals surface area contributed by atoms with E-state index in [0.29, 0.717) is 19.4 Å². The first kappa shape index (κ1) is 25.0. The minimum Gasteiger partial charge on any atom is -0.492 e. The van der Waals surface area contributed by atoms with E-state index in [-0.39, 0.29) is 38.5 Å². The number of nitrogens with two attached hydrogens (primary N) is 1. The molecule has 0 aliphatic rings. The van der Waals surface area contributed by atoms with Crippen molar-refractivity contribution >= 4 is 39.2 Å². The molecule has 0 saturated heterocycles. The second kappa shape index (κ2) is 10.1. The zero-order valence-corrected chi connectivity index (χ0v) is 19.2. The van der Waals surface area contributed by atoms with Crippen molar-refractivity contribution in [3.05, 3.63) is 22.2 Å². The molecule has 1 aromatic rings. The predicted molar refractivity (Wildman–Crippen MR) is 111 cm³/mol. The van der Waals surface area contributed by atoms with Crippen LogP contribution in [0.1, 0.15) is 53.9 Å². The molecule has 9 heteroatoms. The number of rotatable bonds is 9. The Morgan fingerprint density at radius 1 is 1.14 bits per heavy atom. The van der Waals surface area contributed by atoms with Gasteiger partial charge in [0.05, 0.1) is 22.6 Å². The largest absolute Gasteiger partial charge is 0.492 e. The number of hydrogen-bond donors (Lipinski definition) is 1. The monoisotopic (exact) mass is 453 g/mol. The number of halogens is 2. The van der Waals surface area contributed by atoms with Gasteiger partial charge in [-0.05, 0) is 45.6 Å². The molecule has 0 spiro atoms. The Kier molecular flexibility index (Phi) is 9.06. The molecule has 0 saturated carbocycles. The second-order valence-corrected chi connectivity index (χ2v) is 10.1. The van der Waals surface area contributed by atoms with Crippen molar-refractivity contribution in [2.24, 2.45) is 17.0 Å². The number of hydrogen-bond acceptors (Lipinski definition) is 5. The molecule has 2 atom stereocenters. The van der Waals surface area contributed by atoms with E-state index in [0.717, 1.165) is 6.42 Å². The highest BCUT2D eigenvalue weighted by atomic mass is 35.5. The molecule has 0 bridgehead atoms. The van der Waals surface area contributed by atoms with Crippen LogP contribution in [-0.2, 0) is 19.6 Å². The van der Waals surface area contributed by atoms with E-state index < -0.39 is 15.6 Å². The van der Waals surface area contributed by atoms with Gasteiger partial charge in [0, 0.05) is 6.07 Å². The highest BCUT2D eigenvalue weighted by Gasteiger charge is 2.26. The van der Waals surface area contributed by atoms with Gasteiger partial charge < -0.3 is 9.47 Å². The number of sulfonamides is 1. The smallest absolute Gasteiger partial charge is 0.309 e. The summed E-state index contributed by atoms with van der Waals surface area (Å²) in [5.41, 5.74) is -0.530. The Balaban J connectivity index is 2.84. The van der Waals surface area contributed by atoms with Crippen LogP contribution in [0, 0.1) is 11.8 Å². The lowest BCUT2D eigenvalue weighted by atomic mass is 9.91. The zero-order chi connectivity index (χ0) is 21.7. The van der Waals surface area contributed by atoms with E-state index in [9.17, 15) is 13.2 Å². The van der Waals surface area contributed by atoms with Crippen LogP contribution in [0.4, 0.5) is 0 Å². The predicted octanol–water partition coefficient (Wildman–Crippen LogP) is 4.80. The molecule has 0 heterocycles. The van der Waals surface area contributed by atoms with Crippen molar-refractivity contribution in [3.63, 3.8) is 0 Å². The van der Waals surface area contributed by atoms with Gasteiger partial charge >= 0.3 is 5.97 Å². The lowest BCUT2D eigenvalue weighted by Crippen LogP contribution is -2.30. The molecule has 1 aromatic carbocycles. The Morgan fingerprint density at radius 3 is 2.21 bits per heavy atom. The molecule has 2 N–H and O–H groups in total. The highest BCUT2D eigenvalue weighted by Crippen LogP contribution is 2.34. The fraction of sp³-hybridized carbons (Fsp3) is 0.632. The Morgan fingerprint density at radius 2 is 1.75 bits per heavy atom. The van der Waals surface area contributed by atoms with Gasteiger partial charge in [-0.25, -0.2) is 13.6 Å². The number of carbonyl (C=O) groups is 1. The van der Waals surface area contributed by atoms with Crippen LogP contribution in [0.3, 0.4) is 0 Å². The topological polar surface area (TPSA) is 95.7 Å². The third kappa shape index (κ3) is 7.78. The first-order valence-corrected chi connectivity index (χ1v) is 11.5. The Bertz CT molecular complexity index is 790. The SMILES string of the molecule is CCC(COc1cc(Cl)c(S(N)(=O)=O)cc1Cl)CC(CC)C(=O)OC(C)(C)C. The Labute approximate surface area is 177 Å². The van der Waals surface area contributed by atoms with Gasteiger partial charge in [0.1, 0.15) is 16.2 Å². The van der Waals surface area contributed by atoms with Gasteiger partial charge in [-0.1, -0.05) is 43.5 Å². The lowest BCUT2D eigenvalue weighted by Gasteiger charge is -2.26. The van der Waals surface area contributed by atoms with E-state index in [1.54, 1.807) is 0 Å². The normalized spacial score (nSPS) is 14.4.